The third kappa shape index (κ3) is 6.24. The molecule has 8 heteroatoms. The number of esters is 1. The molecule has 0 spiro atoms. The number of rotatable bonds is 9. The monoisotopic (exact) mass is 486 g/mol. The van der Waals surface area contributed by atoms with E-state index in [2.05, 4.69) is 11.5 Å². The van der Waals surface area contributed by atoms with Gasteiger partial charge in [0.05, 0.1) is 4.90 Å². The van der Waals surface area contributed by atoms with E-state index < -0.39 is 16.0 Å². The van der Waals surface area contributed by atoms with Crippen molar-refractivity contribution in [1.29, 1.82) is 0 Å². The van der Waals surface area contributed by atoms with Gasteiger partial charge in [0, 0.05) is 42.7 Å². The van der Waals surface area contributed by atoms with Crippen molar-refractivity contribution in [3.05, 3.63) is 58.9 Å². The molecule has 34 heavy (non-hydrogen) atoms. The Labute approximate surface area is 202 Å². The number of ether oxygens (including phenoxy) is 1. The summed E-state index contributed by atoms with van der Waals surface area (Å²) in [7, 11) is -3.51. The van der Waals surface area contributed by atoms with E-state index >= 15 is 0 Å². The molecular weight excluding hydrogens is 452 g/mol. The van der Waals surface area contributed by atoms with Crippen LogP contribution in [0.1, 0.15) is 66.3 Å². The quantitative estimate of drug-likeness (QED) is 0.296. The highest BCUT2D eigenvalue weighted by atomic mass is 32.2. The molecule has 2 aromatic rings. The molecule has 0 atom stereocenters. The Morgan fingerprint density at radius 1 is 1.03 bits per heavy atom. The summed E-state index contributed by atoms with van der Waals surface area (Å²) in [6.45, 7) is 7.55. The molecule has 1 aromatic carbocycles. The van der Waals surface area contributed by atoms with Gasteiger partial charge in [-0.15, -0.1) is 0 Å². The first kappa shape index (κ1) is 25.9. The topological polar surface area (TPSA) is 85.7 Å². The normalized spacial score (nSPS) is 15.4. The van der Waals surface area contributed by atoms with Crippen molar-refractivity contribution in [3.8, 4) is 0 Å². The van der Waals surface area contributed by atoms with Crippen molar-refractivity contribution in [2.45, 2.75) is 64.3 Å². The Morgan fingerprint density at radius 2 is 1.68 bits per heavy atom. The molecule has 2 heterocycles. The lowest BCUT2D eigenvalue weighted by Gasteiger charge is -2.19. The highest BCUT2D eigenvalue weighted by molar-refractivity contribution is 7.89. The van der Waals surface area contributed by atoms with Gasteiger partial charge in [-0.05, 0) is 62.9 Å². The molecule has 0 amide bonds. The summed E-state index contributed by atoms with van der Waals surface area (Å²) < 4.78 is 34.5. The third-order valence-corrected chi connectivity index (χ3v) is 8.07. The maximum atomic E-state index is 12.9. The number of ketones is 1. The first-order chi connectivity index (χ1) is 16.2. The fourth-order valence-corrected chi connectivity index (χ4v) is 5.78. The standard InChI is InChI=1S/C26H34N2O5S/c1-4-15-28-20(2)18-24(21(28)3)25(29)19-33-26(30)14-11-22-9-12-23(13-10-22)34(31,32)27-16-7-5-6-8-17-27/h9-14,18H,4-8,15-17,19H2,1-3H3. The summed E-state index contributed by atoms with van der Waals surface area (Å²) in [6, 6.07) is 8.25. The minimum absolute atomic E-state index is 0.236. The van der Waals surface area contributed by atoms with Gasteiger partial charge in [-0.25, -0.2) is 13.2 Å². The van der Waals surface area contributed by atoms with E-state index in [1.165, 1.54) is 6.08 Å². The van der Waals surface area contributed by atoms with Crippen LogP contribution in [-0.2, 0) is 26.1 Å². The number of carbonyl (C=O) groups excluding carboxylic acids is 2. The molecule has 0 unspecified atom stereocenters. The van der Waals surface area contributed by atoms with Gasteiger partial charge in [-0.3, -0.25) is 4.79 Å². The minimum atomic E-state index is -3.51. The molecule has 1 saturated heterocycles. The summed E-state index contributed by atoms with van der Waals surface area (Å²) in [5.41, 5.74) is 3.13. The lowest BCUT2D eigenvalue weighted by Crippen LogP contribution is -2.31. The SMILES string of the molecule is CCCn1c(C)cc(C(=O)COC(=O)C=Cc2ccc(S(=O)(=O)N3CCCCCC3)cc2)c1C. The van der Waals surface area contributed by atoms with Crippen LogP contribution < -0.4 is 0 Å². The Hall–Kier alpha value is -2.71. The second kappa shape index (κ2) is 11.6. The number of carbonyl (C=O) groups is 2. The highest BCUT2D eigenvalue weighted by Crippen LogP contribution is 2.21. The lowest BCUT2D eigenvalue weighted by molar-refractivity contribution is -0.136. The first-order valence-electron chi connectivity index (χ1n) is 11.9. The van der Waals surface area contributed by atoms with E-state index in [0.29, 0.717) is 24.2 Å². The smallest absolute Gasteiger partial charge is 0.331 e. The number of hydrogen-bond donors (Lipinski definition) is 0. The van der Waals surface area contributed by atoms with Gasteiger partial charge in [0.15, 0.2) is 6.61 Å². The summed E-state index contributed by atoms with van der Waals surface area (Å²) in [5.74, 6) is -0.864. The second-order valence-electron chi connectivity index (χ2n) is 8.69. The average molecular weight is 487 g/mol. The third-order valence-electron chi connectivity index (χ3n) is 6.16. The van der Waals surface area contributed by atoms with Gasteiger partial charge in [-0.1, -0.05) is 31.9 Å². The fourth-order valence-electron chi connectivity index (χ4n) is 4.26. The molecule has 7 nitrogen and oxygen atoms in total. The van der Waals surface area contributed by atoms with Crippen molar-refractivity contribution in [2.75, 3.05) is 19.7 Å². The van der Waals surface area contributed by atoms with Crippen LogP contribution in [0.15, 0.2) is 41.3 Å². The molecule has 1 aromatic heterocycles. The number of aromatic nitrogens is 1. The van der Waals surface area contributed by atoms with Crippen LogP contribution in [-0.4, -0.2) is 48.7 Å². The zero-order valence-corrected chi connectivity index (χ0v) is 21.1. The number of hydrogen-bond acceptors (Lipinski definition) is 5. The molecule has 3 rings (SSSR count). The Kier molecular flexibility index (Phi) is 8.85. The molecule has 0 N–H and O–H groups in total. The Morgan fingerprint density at radius 3 is 2.29 bits per heavy atom. The molecule has 1 fully saturated rings. The summed E-state index contributed by atoms with van der Waals surface area (Å²) in [4.78, 5) is 24.9. The lowest BCUT2D eigenvalue weighted by atomic mass is 10.1. The number of Topliss-reactive ketones (excluding diaryl/α,β-unsaturated/α-hetero) is 1. The Bertz CT molecular complexity index is 1140. The molecule has 0 bridgehead atoms. The number of benzene rings is 1. The van der Waals surface area contributed by atoms with E-state index in [1.807, 2.05) is 19.9 Å². The highest BCUT2D eigenvalue weighted by Gasteiger charge is 2.24. The summed E-state index contributed by atoms with van der Waals surface area (Å²) >= 11 is 0. The summed E-state index contributed by atoms with van der Waals surface area (Å²) in [6.07, 6.45) is 7.64. The van der Waals surface area contributed by atoms with Gasteiger partial charge < -0.3 is 9.30 Å². The van der Waals surface area contributed by atoms with Crippen LogP contribution in [0, 0.1) is 13.8 Å². The molecule has 0 saturated carbocycles. The summed E-state index contributed by atoms with van der Waals surface area (Å²) in [5, 5.41) is 0. The van der Waals surface area contributed by atoms with Gasteiger partial charge in [0.1, 0.15) is 0 Å². The van der Waals surface area contributed by atoms with Gasteiger partial charge in [0.2, 0.25) is 15.8 Å². The van der Waals surface area contributed by atoms with Crippen molar-refractivity contribution >= 4 is 27.9 Å². The van der Waals surface area contributed by atoms with Crippen LogP contribution in [0.25, 0.3) is 6.08 Å². The number of nitrogens with zero attached hydrogens (tertiary/aromatic N) is 2. The fraction of sp³-hybridized carbons (Fsp3) is 0.462. The van der Waals surface area contributed by atoms with Crippen molar-refractivity contribution < 1.29 is 22.7 Å². The van der Waals surface area contributed by atoms with Crippen LogP contribution >= 0.6 is 0 Å². The average Bonchev–Trinajstić information content (AvgIpc) is 3.01. The van der Waals surface area contributed by atoms with E-state index in [9.17, 15) is 18.0 Å². The van der Waals surface area contributed by atoms with Crippen LogP contribution in [0.4, 0.5) is 0 Å². The van der Waals surface area contributed by atoms with Crippen LogP contribution in [0.3, 0.4) is 0 Å². The molecular formula is C26H34N2O5S. The predicted octanol–water partition coefficient (Wildman–Crippen LogP) is 4.52. The molecule has 184 valence electrons. The number of aryl methyl sites for hydroxylation is 1. The maximum Gasteiger partial charge on any atom is 0.331 e. The largest absolute Gasteiger partial charge is 0.454 e. The van der Waals surface area contributed by atoms with Crippen LogP contribution in [0.5, 0.6) is 0 Å². The van der Waals surface area contributed by atoms with E-state index in [-0.39, 0.29) is 17.3 Å². The van der Waals surface area contributed by atoms with Gasteiger partial charge >= 0.3 is 5.97 Å². The van der Waals surface area contributed by atoms with Gasteiger partial charge in [0.25, 0.3) is 0 Å². The van der Waals surface area contributed by atoms with Crippen molar-refractivity contribution in [1.82, 2.24) is 8.87 Å². The maximum absolute atomic E-state index is 12.9. The first-order valence-corrected chi connectivity index (χ1v) is 13.3. The van der Waals surface area contributed by atoms with E-state index in [1.54, 1.807) is 34.6 Å². The van der Waals surface area contributed by atoms with Crippen LogP contribution in [0.2, 0.25) is 0 Å². The molecule has 1 aliphatic heterocycles. The van der Waals surface area contributed by atoms with E-state index in [0.717, 1.165) is 50.0 Å². The zero-order valence-electron chi connectivity index (χ0n) is 20.2. The zero-order chi connectivity index (χ0) is 24.7. The molecule has 1 aliphatic rings. The predicted molar refractivity (Wildman–Crippen MR) is 132 cm³/mol. The van der Waals surface area contributed by atoms with Crippen molar-refractivity contribution in [3.63, 3.8) is 0 Å². The second-order valence-corrected chi connectivity index (χ2v) is 10.6. The number of sulfonamides is 1. The minimum Gasteiger partial charge on any atom is -0.454 e. The van der Waals surface area contributed by atoms with E-state index in [4.69, 9.17) is 4.74 Å². The van der Waals surface area contributed by atoms with Gasteiger partial charge in [-0.2, -0.15) is 4.31 Å². The molecule has 0 radical (unpaired) electrons. The Balaban J connectivity index is 1.57. The molecule has 0 aliphatic carbocycles. The van der Waals surface area contributed by atoms with Crippen molar-refractivity contribution in [2.24, 2.45) is 0 Å².